The molecule has 0 spiro atoms. The summed E-state index contributed by atoms with van der Waals surface area (Å²) in [6.07, 6.45) is 6.49. The molecule has 4 heteroatoms. The van der Waals surface area contributed by atoms with E-state index in [1.807, 2.05) is 0 Å². The molecule has 104 valence electrons. The molecular formula is C14H26N2O2. The van der Waals surface area contributed by atoms with Gasteiger partial charge in [0.1, 0.15) is 0 Å². The van der Waals surface area contributed by atoms with Crippen molar-refractivity contribution >= 4 is 5.97 Å². The lowest BCUT2D eigenvalue weighted by molar-refractivity contribution is -0.143. The van der Waals surface area contributed by atoms with Crippen molar-refractivity contribution in [2.45, 2.75) is 44.6 Å². The van der Waals surface area contributed by atoms with Crippen molar-refractivity contribution in [1.82, 2.24) is 10.2 Å². The molecule has 0 amide bonds. The molecule has 0 bridgehead atoms. The predicted octanol–water partition coefficient (Wildman–Crippen LogP) is 1.56. The van der Waals surface area contributed by atoms with Crippen LogP contribution in [0.15, 0.2) is 0 Å². The first kappa shape index (κ1) is 13.8. The van der Waals surface area contributed by atoms with Gasteiger partial charge in [-0.05, 0) is 58.2 Å². The maximum atomic E-state index is 11.0. The fourth-order valence-electron chi connectivity index (χ4n) is 3.37. The average molecular weight is 254 g/mol. The van der Waals surface area contributed by atoms with E-state index in [9.17, 15) is 4.79 Å². The highest BCUT2D eigenvalue weighted by atomic mass is 16.4. The number of hydrogen-bond acceptors (Lipinski definition) is 3. The van der Waals surface area contributed by atoms with Gasteiger partial charge in [0, 0.05) is 12.6 Å². The lowest BCUT2D eigenvalue weighted by Crippen LogP contribution is -2.42. The van der Waals surface area contributed by atoms with Crippen LogP contribution in [0.4, 0.5) is 0 Å². The van der Waals surface area contributed by atoms with Crippen molar-refractivity contribution < 1.29 is 9.90 Å². The van der Waals surface area contributed by atoms with Crippen LogP contribution < -0.4 is 5.32 Å². The highest BCUT2D eigenvalue weighted by Gasteiger charge is 2.27. The molecule has 2 N–H and O–H groups in total. The van der Waals surface area contributed by atoms with E-state index >= 15 is 0 Å². The summed E-state index contributed by atoms with van der Waals surface area (Å²) in [4.78, 5) is 13.4. The van der Waals surface area contributed by atoms with Crippen LogP contribution in [0, 0.1) is 11.8 Å². The van der Waals surface area contributed by atoms with Gasteiger partial charge in [-0.2, -0.15) is 0 Å². The van der Waals surface area contributed by atoms with Crippen LogP contribution in [0.3, 0.4) is 0 Å². The Morgan fingerprint density at radius 3 is 2.89 bits per heavy atom. The van der Waals surface area contributed by atoms with E-state index < -0.39 is 5.97 Å². The van der Waals surface area contributed by atoms with E-state index in [4.69, 9.17) is 5.11 Å². The zero-order chi connectivity index (χ0) is 13.0. The van der Waals surface area contributed by atoms with Crippen LogP contribution in [0.25, 0.3) is 0 Å². The molecular weight excluding hydrogens is 228 g/mol. The quantitative estimate of drug-likeness (QED) is 0.799. The van der Waals surface area contributed by atoms with Crippen molar-refractivity contribution in [2.75, 3.05) is 26.7 Å². The molecule has 3 atom stereocenters. The largest absolute Gasteiger partial charge is 0.481 e. The van der Waals surface area contributed by atoms with Gasteiger partial charge in [0.25, 0.3) is 0 Å². The molecule has 1 heterocycles. The maximum Gasteiger partial charge on any atom is 0.306 e. The van der Waals surface area contributed by atoms with E-state index in [1.54, 1.807) is 0 Å². The first-order chi connectivity index (χ1) is 8.65. The molecule has 3 unspecified atom stereocenters. The SMILES string of the molecule is CN1CCCC(CNC2CCCC(C(=O)O)C2)C1. The molecule has 2 aliphatic rings. The Morgan fingerprint density at radius 1 is 1.33 bits per heavy atom. The topological polar surface area (TPSA) is 52.6 Å². The molecule has 0 aromatic rings. The Balaban J connectivity index is 1.71. The third-order valence-corrected chi connectivity index (χ3v) is 4.44. The minimum Gasteiger partial charge on any atom is -0.481 e. The van der Waals surface area contributed by atoms with Gasteiger partial charge in [-0.25, -0.2) is 0 Å². The van der Waals surface area contributed by atoms with E-state index in [0.29, 0.717) is 6.04 Å². The second-order valence-corrected chi connectivity index (χ2v) is 6.08. The maximum absolute atomic E-state index is 11.0. The summed E-state index contributed by atoms with van der Waals surface area (Å²) in [6, 6.07) is 0.423. The van der Waals surface area contributed by atoms with Crippen LogP contribution in [-0.2, 0) is 4.79 Å². The number of likely N-dealkylation sites (tertiary alicyclic amines) is 1. The van der Waals surface area contributed by atoms with Crippen LogP contribution in [0.2, 0.25) is 0 Å². The Morgan fingerprint density at radius 2 is 2.17 bits per heavy atom. The molecule has 18 heavy (non-hydrogen) atoms. The minimum atomic E-state index is -0.612. The Bertz CT molecular complexity index is 283. The molecule has 0 radical (unpaired) electrons. The minimum absolute atomic E-state index is 0.120. The summed E-state index contributed by atoms with van der Waals surface area (Å²) in [6.45, 7) is 3.46. The van der Waals surface area contributed by atoms with Gasteiger partial charge >= 0.3 is 5.97 Å². The van der Waals surface area contributed by atoms with Crippen molar-refractivity contribution in [2.24, 2.45) is 11.8 Å². The second kappa shape index (κ2) is 6.53. The first-order valence-corrected chi connectivity index (χ1v) is 7.30. The normalized spacial score (nSPS) is 34.4. The summed E-state index contributed by atoms with van der Waals surface area (Å²) in [5, 5.41) is 12.7. The van der Waals surface area contributed by atoms with Crippen LogP contribution in [-0.4, -0.2) is 48.7 Å². The van der Waals surface area contributed by atoms with Crippen LogP contribution >= 0.6 is 0 Å². The number of piperidine rings is 1. The smallest absolute Gasteiger partial charge is 0.306 e. The molecule has 1 aliphatic heterocycles. The van der Waals surface area contributed by atoms with Crippen molar-refractivity contribution in [3.63, 3.8) is 0 Å². The van der Waals surface area contributed by atoms with Gasteiger partial charge in [-0.15, -0.1) is 0 Å². The molecule has 2 rings (SSSR count). The summed E-state index contributed by atoms with van der Waals surface area (Å²) in [7, 11) is 2.19. The van der Waals surface area contributed by atoms with Gasteiger partial charge in [0.15, 0.2) is 0 Å². The van der Waals surface area contributed by atoms with E-state index in [2.05, 4.69) is 17.3 Å². The second-order valence-electron chi connectivity index (χ2n) is 6.08. The summed E-state index contributed by atoms with van der Waals surface area (Å²) >= 11 is 0. The Kier molecular flexibility index (Phi) is 5.01. The molecule has 0 aromatic carbocycles. The summed E-state index contributed by atoms with van der Waals surface area (Å²) in [5.41, 5.74) is 0. The lowest BCUT2D eigenvalue weighted by Gasteiger charge is -2.33. The number of carbonyl (C=O) groups is 1. The van der Waals surface area contributed by atoms with E-state index in [0.717, 1.165) is 38.1 Å². The third-order valence-electron chi connectivity index (χ3n) is 4.44. The number of nitrogens with one attached hydrogen (secondary N) is 1. The molecule has 4 nitrogen and oxygen atoms in total. The fourth-order valence-corrected chi connectivity index (χ4v) is 3.37. The Labute approximate surface area is 110 Å². The zero-order valence-corrected chi connectivity index (χ0v) is 11.4. The number of aliphatic carboxylic acids is 1. The molecule has 2 fully saturated rings. The molecule has 1 aliphatic carbocycles. The number of carboxylic acid groups (broad SMARTS) is 1. The van der Waals surface area contributed by atoms with E-state index in [1.165, 1.54) is 25.9 Å². The predicted molar refractivity (Wildman–Crippen MR) is 71.6 cm³/mol. The summed E-state index contributed by atoms with van der Waals surface area (Å²) < 4.78 is 0. The van der Waals surface area contributed by atoms with Gasteiger partial charge in [-0.1, -0.05) is 6.42 Å². The van der Waals surface area contributed by atoms with Crippen molar-refractivity contribution in [3.05, 3.63) is 0 Å². The van der Waals surface area contributed by atoms with Crippen molar-refractivity contribution in [1.29, 1.82) is 0 Å². The standard InChI is InChI=1S/C14H26N2O2/c1-16-7-3-4-11(10-16)9-15-13-6-2-5-12(8-13)14(17)18/h11-13,15H,2-10H2,1H3,(H,17,18). The highest BCUT2D eigenvalue weighted by Crippen LogP contribution is 2.25. The summed E-state index contributed by atoms with van der Waals surface area (Å²) in [5.74, 6) is 0.0122. The molecule has 0 aromatic heterocycles. The number of rotatable bonds is 4. The third kappa shape index (κ3) is 3.95. The lowest BCUT2D eigenvalue weighted by atomic mass is 9.85. The van der Waals surface area contributed by atoms with Gasteiger partial charge < -0.3 is 15.3 Å². The van der Waals surface area contributed by atoms with Crippen molar-refractivity contribution in [3.8, 4) is 0 Å². The van der Waals surface area contributed by atoms with Gasteiger partial charge in [-0.3, -0.25) is 4.79 Å². The number of hydrogen-bond donors (Lipinski definition) is 2. The van der Waals surface area contributed by atoms with Crippen LogP contribution in [0.5, 0.6) is 0 Å². The zero-order valence-electron chi connectivity index (χ0n) is 11.4. The molecule has 1 saturated heterocycles. The van der Waals surface area contributed by atoms with Gasteiger partial charge in [0.05, 0.1) is 5.92 Å². The monoisotopic (exact) mass is 254 g/mol. The van der Waals surface area contributed by atoms with Crippen LogP contribution in [0.1, 0.15) is 38.5 Å². The fraction of sp³-hybridized carbons (Fsp3) is 0.929. The number of nitrogens with zero attached hydrogens (tertiary/aromatic N) is 1. The number of carboxylic acids is 1. The first-order valence-electron chi connectivity index (χ1n) is 7.30. The molecule has 1 saturated carbocycles. The van der Waals surface area contributed by atoms with Gasteiger partial charge in [0.2, 0.25) is 0 Å². The average Bonchev–Trinajstić information content (AvgIpc) is 2.37. The highest BCUT2D eigenvalue weighted by molar-refractivity contribution is 5.70. The Hall–Kier alpha value is -0.610. The van der Waals surface area contributed by atoms with E-state index in [-0.39, 0.29) is 5.92 Å².